The van der Waals surface area contributed by atoms with Crippen molar-refractivity contribution >= 4 is 55.7 Å². The van der Waals surface area contributed by atoms with E-state index in [1.165, 1.54) is 61.3 Å². The monoisotopic (exact) mass is 997 g/mol. The SMILES string of the molecule is CC(C)(C)c1cc(-c2cc(C(C)(C)C)cc(-c3ccc(-c4ccccc4)cc3)c2N2CN(c3cccc(Oc4cc5oc6cccc7c6c5c(c4)n7-c4cc(C(C)(C)C)ccn4)c3)c3ccccc32)cc(C(C)(C)C)c1. The number of pyridine rings is 1. The van der Waals surface area contributed by atoms with Gasteiger partial charge in [0.05, 0.1) is 38.9 Å². The number of nitrogens with zero attached hydrogens (tertiary/aromatic N) is 4. The number of furan rings is 1. The van der Waals surface area contributed by atoms with Crippen LogP contribution in [0.1, 0.15) is 105 Å². The van der Waals surface area contributed by atoms with E-state index in [9.17, 15) is 0 Å². The second-order valence-electron chi connectivity index (χ2n) is 25.1. The number of aromatic nitrogens is 2. The highest BCUT2D eigenvalue weighted by molar-refractivity contribution is 6.23. The second-order valence-corrected chi connectivity index (χ2v) is 25.1. The summed E-state index contributed by atoms with van der Waals surface area (Å²) in [5, 5.41) is 2.17. The highest BCUT2D eigenvalue weighted by Gasteiger charge is 2.34. The molecule has 0 unspecified atom stereocenters. The van der Waals surface area contributed by atoms with Crippen LogP contribution in [0.4, 0.5) is 22.7 Å². The lowest BCUT2D eigenvalue weighted by atomic mass is 9.77. The lowest BCUT2D eigenvalue weighted by Crippen LogP contribution is -2.25. The molecule has 3 aromatic heterocycles. The van der Waals surface area contributed by atoms with Gasteiger partial charge in [-0.25, -0.2) is 4.98 Å². The fourth-order valence-electron chi connectivity index (χ4n) is 11.1. The summed E-state index contributed by atoms with van der Waals surface area (Å²) in [6.07, 6.45) is 1.92. The first-order valence-corrected chi connectivity index (χ1v) is 26.9. The van der Waals surface area contributed by atoms with Crippen molar-refractivity contribution in [1.29, 1.82) is 0 Å². The van der Waals surface area contributed by atoms with Crippen LogP contribution in [-0.4, -0.2) is 16.2 Å². The van der Waals surface area contributed by atoms with Gasteiger partial charge in [0, 0.05) is 41.2 Å². The number of para-hydroxylation sites is 2. The van der Waals surface area contributed by atoms with Crippen LogP contribution in [0.5, 0.6) is 11.5 Å². The van der Waals surface area contributed by atoms with Crippen LogP contribution < -0.4 is 14.5 Å². The highest BCUT2D eigenvalue weighted by Crippen LogP contribution is 2.53. The zero-order valence-corrected chi connectivity index (χ0v) is 46.1. The Labute approximate surface area is 448 Å². The number of ether oxygens (including phenoxy) is 1. The van der Waals surface area contributed by atoms with Crippen molar-refractivity contribution in [3.05, 3.63) is 204 Å². The Morgan fingerprint density at radius 2 is 1.00 bits per heavy atom. The lowest BCUT2D eigenvalue weighted by molar-refractivity contribution is 0.482. The Bertz CT molecular complexity index is 3950. The maximum absolute atomic E-state index is 6.94. The van der Waals surface area contributed by atoms with E-state index in [1.807, 2.05) is 24.4 Å². The van der Waals surface area contributed by atoms with Crippen LogP contribution in [0.15, 0.2) is 187 Å². The van der Waals surface area contributed by atoms with E-state index in [0.717, 1.165) is 61.6 Å². The first kappa shape index (κ1) is 48.8. The van der Waals surface area contributed by atoms with Gasteiger partial charge in [0.25, 0.3) is 0 Å². The van der Waals surface area contributed by atoms with Crippen molar-refractivity contribution in [2.24, 2.45) is 0 Å². The number of hydrogen-bond donors (Lipinski definition) is 0. The predicted molar refractivity (Wildman–Crippen MR) is 319 cm³/mol. The zero-order chi connectivity index (χ0) is 53.1. The molecule has 0 aliphatic carbocycles. The molecule has 11 aromatic rings. The molecule has 8 aromatic carbocycles. The normalized spacial score (nSPS) is 13.4. The Balaban J connectivity index is 0.993. The van der Waals surface area contributed by atoms with Crippen molar-refractivity contribution in [1.82, 2.24) is 9.55 Å². The van der Waals surface area contributed by atoms with Gasteiger partial charge in [-0.2, -0.15) is 0 Å². The van der Waals surface area contributed by atoms with Gasteiger partial charge in [0.15, 0.2) is 0 Å². The first-order valence-electron chi connectivity index (χ1n) is 26.9. The number of anilines is 4. The maximum atomic E-state index is 6.94. The standard InChI is InChI=1S/C70H68N4O2/c1-67(2,3)48-32-33-71-63(39-48)74-59-26-19-27-61-64(59)65-60(74)41-54(42-62(65)76-61)75-53-23-18-22-52(40-53)72-43-73(58-25-17-16-24-57(58)72)66-55(46-30-28-45(29-31-46)44-20-14-13-15-21-44)37-51(70(10,11)12)38-56(66)47-34-49(68(4,5)6)36-50(35-47)69(7,8)9/h13-42H,43H2,1-12H3. The summed E-state index contributed by atoms with van der Waals surface area (Å²) in [6.45, 7) is 28.3. The van der Waals surface area contributed by atoms with Crippen LogP contribution in [0.2, 0.25) is 0 Å². The van der Waals surface area contributed by atoms with E-state index in [0.29, 0.717) is 12.4 Å². The third-order valence-electron chi connectivity index (χ3n) is 15.5. The third kappa shape index (κ3) is 8.68. The lowest BCUT2D eigenvalue weighted by Gasteiger charge is -2.32. The molecule has 6 heteroatoms. The van der Waals surface area contributed by atoms with Crippen molar-refractivity contribution in [3.8, 4) is 50.7 Å². The van der Waals surface area contributed by atoms with Gasteiger partial charge in [0.2, 0.25) is 0 Å². The van der Waals surface area contributed by atoms with Crippen molar-refractivity contribution in [2.45, 2.75) is 105 Å². The fourth-order valence-corrected chi connectivity index (χ4v) is 11.1. The summed E-state index contributed by atoms with van der Waals surface area (Å²) in [5.74, 6) is 2.29. The molecule has 6 nitrogen and oxygen atoms in total. The molecule has 4 heterocycles. The molecule has 0 fully saturated rings. The van der Waals surface area contributed by atoms with Crippen LogP contribution >= 0.6 is 0 Å². The summed E-state index contributed by atoms with van der Waals surface area (Å²) < 4.78 is 15.8. The van der Waals surface area contributed by atoms with Gasteiger partial charge in [0.1, 0.15) is 35.2 Å². The molecule has 0 atom stereocenters. The van der Waals surface area contributed by atoms with Crippen LogP contribution in [-0.2, 0) is 21.7 Å². The average Bonchev–Trinajstić information content (AvgIpc) is 4.25. The van der Waals surface area contributed by atoms with Gasteiger partial charge < -0.3 is 19.0 Å². The minimum Gasteiger partial charge on any atom is -0.457 e. The number of rotatable bonds is 8. The van der Waals surface area contributed by atoms with E-state index in [-0.39, 0.29) is 21.7 Å². The molecular formula is C70H68N4O2. The first-order chi connectivity index (χ1) is 36.2. The molecule has 380 valence electrons. The fraction of sp³-hybridized carbons (Fsp3) is 0.243. The van der Waals surface area contributed by atoms with E-state index in [2.05, 4.69) is 255 Å². The number of fused-ring (bicyclic) bond motifs is 1. The predicted octanol–water partition coefficient (Wildman–Crippen LogP) is 19.6. The van der Waals surface area contributed by atoms with E-state index >= 15 is 0 Å². The summed E-state index contributed by atoms with van der Waals surface area (Å²) in [6, 6.07) is 64.3. The summed E-state index contributed by atoms with van der Waals surface area (Å²) in [4.78, 5) is 9.91. The van der Waals surface area contributed by atoms with Crippen LogP contribution in [0.25, 0.3) is 72.2 Å². The Kier molecular flexibility index (Phi) is 11.4. The van der Waals surface area contributed by atoms with Gasteiger partial charge in [-0.1, -0.05) is 180 Å². The quantitative estimate of drug-likeness (QED) is 0.152. The Morgan fingerprint density at radius 3 is 1.67 bits per heavy atom. The molecule has 0 amide bonds. The average molecular weight is 997 g/mol. The van der Waals surface area contributed by atoms with Crippen molar-refractivity contribution in [2.75, 3.05) is 16.5 Å². The molecule has 0 saturated heterocycles. The van der Waals surface area contributed by atoms with Gasteiger partial charge in [-0.3, -0.25) is 4.57 Å². The largest absolute Gasteiger partial charge is 0.457 e. The van der Waals surface area contributed by atoms with E-state index in [1.54, 1.807) is 0 Å². The second kappa shape index (κ2) is 17.8. The topological polar surface area (TPSA) is 46.7 Å². The van der Waals surface area contributed by atoms with Crippen LogP contribution in [0, 0.1) is 0 Å². The van der Waals surface area contributed by atoms with E-state index < -0.39 is 0 Å². The summed E-state index contributed by atoms with van der Waals surface area (Å²) in [7, 11) is 0. The Hall–Kier alpha value is -8.09. The smallest absolute Gasteiger partial charge is 0.141 e. The van der Waals surface area contributed by atoms with Crippen molar-refractivity contribution < 1.29 is 9.15 Å². The molecule has 1 aliphatic rings. The number of benzene rings is 8. The minimum atomic E-state index is -0.126. The van der Waals surface area contributed by atoms with Gasteiger partial charge >= 0.3 is 0 Å². The van der Waals surface area contributed by atoms with Crippen LogP contribution in [0.3, 0.4) is 0 Å². The van der Waals surface area contributed by atoms with Crippen molar-refractivity contribution in [3.63, 3.8) is 0 Å². The minimum absolute atomic E-state index is 0.0378. The zero-order valence-electron chi connectivity index (χ0n) is 46.1. The molecule has 0 N–H and O–H groups in total. The molecule has 1 aliphatic heterocycles. The third-order valence-corrected chi connectivity index (χ3v) is 15.5. The molecule has 0 bridgehead atoms. The highest BCUT2D eigenvalue weighted by atomic mass is 16.5. The molecular weight excluding hydrogens is 929 g/mol. The molecule has 76 heavy (non-hydrogen) atoms. The van der Waals surface area contributed by atoms with Gasteiger partial charge in [-0.15, -0.1) is 0 Å². The maximum Gasteiger partial charge on any atom is 0.141 e. The molecule has 12 rings (SSSR count). The number of hydrogen-bond acceptors (Lipinski definition) is 5. The van der Waals surface area contributed by atoms with Gasteiger partial charge in [-0.05, 0) is 127 Å². The molecule has 0 spiro atoms. The summed E-state index contributed by atoms with van der Waals surface area (Å²) in [5.41, 5.74) is 20.3. The molecule has 0 saturated carbocycles. The Morgan fingerprint density at radius 1 is 0.421 bits per heavy atom. The van der Waals surface area contributed by atoms with E-state index in [4.69, 9.17) is 14.1 Å². The molecule has 0 radical (unpaired) electrons. The summed E-state index contributed by atoms with van der Waals surface area (Å²) >= 11 is 0.